The van der Waals surface area contributed by atoms with Gasteiger partial charge >= 0.3 is 5.00 Å². The van der Waals surface area contributed by atoms with E-state index in [1.807, 2.05) is 6.07 Å². The lowest BCUT2D eigenvalue weighted by Gasteiger charge is -1.90. The number of nitro groups is 1. The summed E-state index contributed by atoms with van der Waals surface area (Å²) in [4.78, 5) is 10.4. The molecular formula is C8H5N3O2S2. The number of rotatable bonds is 3. The Balaban J connectivity index is 3.04. The van der Waals surface area contributed by atoms with E-state index < -0.39 is 4.92 Å². The largest absolute Gasteiger partial charge is 0.389 e. The van der Waals surface area contributed by atoms with Gasteiger partial charge in [-0.1, -0.05) is 23.6 Å². The maximum Gasteiger partial charge on any atom is 0.324 e. The van der Waals surface area contributed by atoms with Crippen molar-refractivity contribution in [3.8, 4) is 6.07 Å². The zero-order valence-corrected chi connectivity index (χ0v) is 8.97. The average molecular weight is 239 g/mol. The van der Waals surface area contributed by atoms with Crippen LogP contribution >= 0.6 is 23.6 Å². The normalized spacial score (nSPS) is 10.7. The van der Waals surface area contributed by atoms with Crippen LogP contribution in [0, 0.1) is 21.4 Å². The molecule has 0 atom stereocenters. The fourth-order valence-electron chi connectivity index (χ4n) is 0.819. The van der Waals surface area contributed by atoms with Crippen LogP contribution in [0.4, 0.5) is 5.00 Å². The van der Waals surface area contributed by atoms with Crippen LogP contribution in [0.2, 0.25) is 0 Å². The third-order valence-electron chi connectivity index (χ3n) is 1.47. The molecule has 1 aromatic heterocycles. The van der Waals surface area contributed by atoms with E-state index in [1.54, 1.807) is 6.07 Å². The number of nitriles is 1. The van der Waals surface area contributed by atoms with Crippen LogP contribution in [0.5, 0.6) is 0 Å². The molecule has 0 aromatic carbocycles. The minimum absolute atomic E-state index is 0.0153. The quantitative estimate of drug-likeness (QED) is 0.285. The molecule has 7 heteroatoms. The molecule has 0 radical (unpaired) electrons. The van der Waals surface area contributed by atoms with E-state index in [-0.39, 0.29) is 15.6 Å². The van der Waals surface area contributed by atoms with E-state index in [0.29, 0.717) is 4.88 Å². The predicted molar refractivity (Wildman–Crippen MR) is 61.3 cm³/mol. The van der Waals surface area contributed by atoms with Crippen LogP contribution in [0.3, 0.4) is 0 Å². The van der Waals surface area contributed by atoms with Crippen molar-refractivity contribution in [1.29, 1.82) is 5.26 Å². The van der Waals surface area contributed by atoms with Crippen molar-refractivity contribution in [2.75, 3.05) is 0 Å². The first-order valence-corrected chi connectivity index (χ1v) is 4.93. The maximum absolute atomic E-state index is 10.4. The number of nitrogens with zero attached hydrogens (tertiary/aromatic N) is 2. The van der Waals surface area contributed by atoms with Gasteiger partial charge in [0.05, 0.1) is 10.5 Å². The van der Waals surface area contributed by atoms with Gasteiger partial charge in [0, 0.05) is 10.9 Å². The molecule has 0 saturated carbocycles. The lowest BCUT2D eigenvalue weighted by atomic mass is 10.2. The molecule has 0 aliphatic heterocycles. The molecule has 0 aliphatic carbocycles. The number of nitrogens with two attached hydrogens (primary N) is 1. The van der Waals surface area contributed by atoms with Crippen LogP contribution in [0.1, 0.15) is 4.88 Å². The monoisotopic (exact) mass is 239 g/mol. The first-order valence-electron chi connectivity index (χ1n) is 3.70. The van der Waals surface area contributed by atoms with Crippen LogP contribution in [-0.4, -0.2) is 9.91 Å². The topological polar surface area (TPSA) is 92.9 Å². The van der Waals surface area contributed by atoms with E-state index in [0.717, 1.165) is 11.3 Å². The van der Waals surface area contributed by atoms with Gasteiger partial charge in [-0.25, -0.2) is 0 Å². The Bertz CT molecular complexity index is 484. The molecule has 0 amide bonds. The molecule has 1 rings (SSSR count). The Hall–Kier alpha value is -1.78. The Morgan fingerprint density at radius 1 is 1.73 bits per heavy atom. The van der Waals surface area contributed by atoms with E-state index in [9.17, 15) is 10.1 Å². The molecule has 0 fully saturated rings. The van der Waals surface area contributed by atoms with E-state index in [4.69, 9.17) is 11.0 Å². The third-order valence-corrected chi connectivity index (χ3v) is 2.67. The maximum atomic E-state index is 10.4. The van der Waals surface area contributed by atoms with Gasteiger partial charge in [0.2, 0.25) is 0 Å². The van der Waals surface area contributed by atoms with Crippen molar-refractivity contribution in [2.24, 2.45) is 5.73 Å². The van der Waals surface area contributed by atoms with Gasteiger partial charge < -0.3 is 5.73 Å². The smallest absolute Gasteiger partial charge is 0.324 e. The first kappa shape index (κ1) is 11.3. The molecular weight excluding hydrogens is 234 g/mol. The molecule has 0 aliphatic rings. The molecule has 2 N–H and O–H groups in total. The van der Waals surface area contributed by atoms with Crippen LogP contribution in [-0.2, 0) is 0 Å². The molecule has 0 saturated heterocycles. The van der Waals surface area contributed by atoms with Gasteiger partial charge in [0.25, 0.3) is 0 Å². The lowest BCUT2D eigenvalue weighted by Crippen LogP contribution is -2.09. The number of thiophene rings is 1. The Morgan fingerprint density at radius 3 is 2.80 bits per heavy atom. The summed E-state index contributed by atoms with van der Waals surface area (Å²) in [7, 11) is 0. The van der Waals surface area contributed by atoms with Crippen LogP contribution < -0.4 is 5.73 Å². The fraction of sp³-hybridized carbons (Fsp3) is 0. The molecule has 76 valence electrons. The Morgan fingerprint density at radius 2 is 2.40 bits per heavy atom. The van der Waals surface area contributed by atoms with Crippen LogP contribution in [0.15, 0.2) is 17.7 Å². The van der Waals surface area contributed by atoms with Crippen molar-refractivity contribution >= 4 is 39.6 Å². The highest BCUT2D eigenvalue weighted by atomic mass is 32.1. The first-order chi connectivity index (χ1) is 7.04. The van der Waals surface area contributed by atoms with E-state index >= 15 is 0 Å². The van der Waals surface area contributed by atoms with Gasteiger partial charge in [-0.2, -0.15) is 5.26 Å². The van der Waals surface area contributed by atoms with Crippen molar-refractivity contribution in [1.82, 2.24) is 0 Å². The standard InChI is InChI=1S/C8H5N3O2S2/c9-4-5(8(10)14)3-6-1-2-7(15-6)11(12)13/h1-3H,(H2,10,14)/b5-3+. The zero-order valence-electron chi connectivity index (χ0n) is 7.34. The Kier molecular flexibility index (Phi) is 3.49. The van der Waals surface area contributed by atoms with Gasteiger partial charge in [0.1, 0.15) is 11.1 Å². The van der Waals surface area contributed by atoms with Gasteiger partial charge in [0.15, 0.2) is 0 Å². The summed E-state index contributed by atoms with van der Waals surface area (Å²) in [6.45, 7) is 0. The van der Waals surface area contributed by atoms with Gasteiger partial charge in [-0.3, -0.25) is 10.1 Å². The summed E-state index contributed by atoms with van der Waals surface area (Å²) < 4.78 is 0. The average Bonchev–Trinajstić information content (AvgIpc) is 2.61. The summed E-state index contributed by atoms with van der Waals surface area (Å²) in [5.41, 5.74) is 5.41. The minimum atomic E-state index is -0.491. The molecule has 0 spiro atoms. The lowest BCUT2D eigenvalue weighted by molar-refractivity contribution is -0.380. The van der Waals surface area contributed by atoms with Crippen molar-refractivity contribution in [2.45, 2.75) is 0 Å². The summed E-state index contributed by atoms with van der Waals surface area (Å²) in [6.07, 6.45) is 1.43. The van der Waals surface area contributed by atoms with E-state index in [2.05, 4.69) is 12.2 Å². The van der Waals surface area contributed by atoms with Crippen LogP contribution in [0.25, 0.3) is 6.08 Å². The highest BCUT2D eigenvalue weighted by Gasteiger charge is 2.09. The molecule has 1 aromatic rings. The molecule has 5 nitrogen and oxygen atoms in total. The number of thiocarbonyl (C=S) groups is 1. The van der Waals surface area contributed by atoms with Gasteiger partial charge in [-0.15, -0.1) is 0 Å². The second-order valence-corrected chi connectivity index (χ2v) is 4.00. The van der Waals surface area contributed by atoms with Crippen molar-refractivity contribution < 1.29 is 4.92 Å². The SMILES string of the molecule is N#C/C(=C\c1ccc([N+](=O)[O-])s1)C(N)=S. The summed E-state index contributed by atoms with van der Waals surface area (Å²) in [5.74, 6) is 0. The van der Waals surface area contributed by atoms with Crippen molar-refractivity contribution in [3.63, 3.8) is 0 Å². The second-order valence-electron chi connectivity index (χ2n) is 2.47. The van der Waals surface area contributed by atoms with Crippen molar-refractivity contribution in [3.05, 3.63) is 32.7 Å². The molecule has 0 bridgehead atoms. The molecule has 15 heavy (non-hydrogen) atoms. The second kappa shape index (κ2) is 4.63. The number of hydrogen-bond acceptors (Lipinski definition) is 5. The summed E-state index contributed by atoms with van der Waals surface area (Å²) in [6, 6.07) is 4.73. The fourth-order valence-corrected chi connectivity index (χ4v) is 1.69. The zero-order chi connectivity index (χ0) is 11.4. The van der Waals surface area contributed by atoms with Gasteiger partial charge in [-0.05, 0) is 12.1 Å². The highest BCUT2D eigenvalue weighted by Crippen LogP contribution is 2.25. The molecule has 0 unspecified atom stereocenters. The predicted octanol–water partition coefficient (Wildman–Crippen LogP) is 1.85. The third kappa shape index (κ3) is 2.83. The summed E-state index contributed by atoms with van der Waals surface area (Å²) >= 11 is 5.59. The Labute approximate surface area is 94.6 Å². The summed E-state index contributed by atoms with van der Waals surface area (Å²) in [5, 5.41) is 19.1. The van der Waals surface area contributed by atoms with E-state index in [1.165, 1.54) is 12.1 Å². The number of hydrogen-bond donors (Lipinski definition) is 1. The highest BCUT2D eigenvalue weighted by molar-refractivity contribution is 7.80. The minimum Gasteiger partial charge on any atom is -0.389 e. The molecule has 1 heterocycles.